The Balaban J connectivity index is 2.84. The number of hydrogen-bond acceptors (Lipinski definition) is 6. The van der Waals surface area contributed by atoms with Crippen LogP contribution in [0, 0.1) is 5.92 Å². The molecular weight excluding hydrogens is 454 g/mol. The maximum absolute atomic E-state index is 12.9. The van der Waals surface area contributed by atoms with Crippen molar-refractivity contribution in [2.45, 2.75) is 64.2 Å². The average Bonchev–Trinajstić information content (AvgIpc) is 2.78. The average molecular weight is 492 g/mol. The van der Waals surface area contributed by atoms with Gasteiger partial charge >= 0.3 is 5.97 Å². The highest BCUT2D eigenvalue weighted by Crippen LogP contribution is 2.06. The van der Waals surface area contributed by atoms with Crippen LogP contribution in [0.2, 0.25) is 0 Å². The predicted octanol–water partition coefficient (Wildman–Crippen LogP) is -1.18. The second-order valence-electron chi connectivity index (χ2n) is 8.60. The molecule has 4 unspecified atom stereocenters. The molecule has 0 saturated heterocycles. The summed E-state index contributed by atoms with van der Waals surface area (Å²) < 4.78 is 0. The smallest absolute Gasteiger partial charge is 0.326 e. The lowest BCUT2D eigenvalue weighted by atomic mass is 10.0. The number of nitrogens with one attached hydrogen (secondary N) is 3. The monoisotopic (exact) mass is 491 g/mol. The van der Waals surface area contributed by atoms with Crippen molar-refractivity contribution < 1.29 is 24.3 Å². The highest BCUT2D eigenvalue weighted by atomic mass is 16.4. The minimum atomic E-state index is -1.18. The van der Waals surface area contributed by atoms with Gasteiger partial charge in [-0.2, -0.15) is 0 Å². The summed E-state index contributed by atoms with van der Waals surface area (Å²) in [5, 5.41) is 16.8. The Hall–Kier alpha value is -3.67. The van der Waals surface area contributed by atoms with Gasteiger partial charge in [0.25, 0.3) is 0 Å². The van der Waals surface area contributed by atoms with E-state index in [4.69, 9.17) is 17.2 Å². The molecule has 194 valence electrons. The molecule has 0 radical (unpaired) electrons. The standard InChI is InChI=1S/C23H37N7O5/c1-13(2)18(22(34)35)30-19(31)14(3)28-21(33)17(10-7-11-27-23(25)26)29-20(32)16(24)12-15-8-5-4-6-9-15/h4-6,8-9,13-14,16-18H,7,10-12,24H2,1-3H3,(H,28,33)(H,29,32)(H,30,31)(H,34,35)(H4,25,26,27). The van der Waals surface area contributed by atoms with E-state index in [1.165, 1.54) is 6.92 Å². The zero-order valence-corrected chi connectivity index (χ0v) is 20.4. The molecule has 0 aliphatic heterocycles. The second-order valence-corrected chi connectivity index (χ2v) is 8.60. The number of aliphatic imine (C=N–C) groups is 1. The quantitative estimate of drug-likeness (QED) is 0.0953. The van der Waals surface area contributed by atoms with Gasteiger partial charge in [0.2, 0.25) is 17.7 Å². The Morgan fingerprint density at radius 3 is 2.11 bits per heavy atom. The number of carboxylic acid groups (broad SMARTS) is 1. The van der Waals surface area contributed by atoms with Crippen molar-refractivity contribution >= 4 is 29.7 Å². The Kier molecular flexibility index (Phi) is 12.2. The molecule has 1 aromatic carbocycles. The molecule has 35 heavy (non-hydrogen) atoms. The molecule has 1 aromatic rings. The van der Waals surface area contributed by atoms with Crippen LogP contribution in [0.1, 0.15) is 39.2 Å². The molecule has 0 aromatic heterocycles. The first-order chi connectivity index (χ1) is 16.4. The normalized spacial score (nSPS) is 14.2. The highest BCUT2D eigenvalue weighted by Gasteiger charge is 2.29. The summed E-state index contributed by atoms with van der Waals surface area (Å²) in [7, 11) is 0. The molecule has 4 atom stereocenters. The summed E-state index contributed by atoms with van der Waals surface area (Å²) in [5.74, 6) is -3.43. The molecule has 0 aliphatic carbocycles. The third-order valence-electron chi connectivity index (χ3n) is 5.20. The van der Waals surface area contributed by atoms with Crippen molar-refractivity contribution in [2.24, 2.45) is 28.1 Å². The Morgan fingerprint density at radius 2 is 1.57 bits per heavy atom. The molecule has 0 spiro atoms. The molecule has 0 heterocycles. The largest absolute Gasteiger partial charge is 0.480 e. The molecule has 0 fully saturated rings. The molecule has 10 N–H and O–H groups in total. The van der Waals surface area contributed by atoms with E-state index in [1.807, 2.05) is 30.3 Å². The lowest BCUT2D eigenvalue weighted by Gasteiger charge is -2.24. The van der Waals surface area contributed by atoms with Gasteiger partial charge in [-0.15, -0.1) is 0 Å². The van der Waals surface area contributed by atoms with Crippen molar-refractivity contribution in [3.8, 4) is 0 Å². The van der Waals surface area contributed by atoms with Gasteiger partial charge in [0.1, 0.15) is 18.1 Å². The number of guanidine groups is 1. The van der Waals surface area contributed by atoms with Gasteiger partial charge in [-0.1, -0.05) is 44.2 Å². The van der Waals surface area contributed by atoms with E-state index in [-0.39, 0.29) is 31.3 Å². The molecule has 1 rings (SSSR count). The third kappa shape index (κ3) is 10.9. The number of nitrogens with zero attached hydrogens (tertiary/aromatic N) is 1. The fourth-order valence-corrected chi connectivity index (χ4v) is 3.18. The third-order valence-corrected chi connectivity index (χ3v) is 5.20. The first-order valence-corrected chi connectivity index (χ1v) is 11.4. The Morgan fingerprint density at radius 1 is 0.943 bits per heavy atom. The van der Waals surface area contributed by atoms with Crippen molar-refractivity contribution in [3.05, 3.63) is 35.9 Å². The summed E-state index contributed by atoms with van der Waals surface area (Å²) in [6.45, 7) is 4.97. The summed E-state index contributed by atoms with van der Waals surface area (Å²) in [6.07, 6.45) is 0.837. The number of benzene rings is 1. The number of aliphatic carboxylic acids is 1. The number of rotatable bonds is 14. The molecule has 12 nitrogen and oxygen atoms in total. The summed E-state index contributed by atoms with van der Waals surface area (Å²) in [5.41, 5.74) is 17.5. The van der Waals surface area contributed by atoms with Gasteiger partial charge < -0.3 is 38.3 Å². The fraction of sp³-hybridized carbons (Fsp3) is 0.522. The van der Waals surface area contributed by atoms with Gasteiger partial charge in [0.05, 0.1) is 6.04 Å². The predicted molar refractivity (Wildman–Crippen MR) is 132 cm³/mol. The first-order valence-electron chi connectivity index (χ1n) is 11.4. The Bertz CT molecular complexity index is 888. The van der Waals surface area contributed by atoms with Gasteiger partial charge in [-0.05, 0) is 37.7 Å². The number of carbonyl (C=O) groups excluding carboxylic acids is 3. The lowest BCUT2D eigenvalue weighted by Crippen LogP contribution is -2.57. The van der Waals surface area contributed by atoms with Gasteiger partial charge in [0, 0.05) is 6.54 Å². The summed E-state index contributed by atoms with van der Waals surface area (Å²) in [4.78, 5) is 53.3. The van der Waals surface area contributed by atoms with Gasteiger partial charge in [-0.3, -0.25) is 19.4 Å². The molecule has 12 heteroatoms. The van der Waals surface area contributed by atoms with E-state index < -0.39 is 47.9 Å². The van der Waals surface area contributed by atoms with E-state index in [2.05, 4.69) is 20.9 Å². The number of amides is 3. The summed E-state index contributed by atoms with van der Waals surface area (Å²) >= 11 is 0. The highest BCUT2D eigenvalue weighted by molar-refractivity contribution is 5.94. The zero-order chi connectivity index (χ0) is 26.5. The summed E-state index contributed by atoms with van der Waals surface area (Å²) in [6, 6.07) is 5.15. The van der Waals surface area contributed by atoms with Crippen LogP contribution < -0.4 is 33.2 Å². The van der Waals surface area contributed by atoms with E-state index in [1.54, 1.807) is 13.8 Å². The minimum Gasteiger partial charge on any atom is -0.480 e. The molecule has 0 bridgehead atoms. The lowest BCUT2D eigenvalue weighted by molar-refractivity contribution is -0.143. The maximum Gasteiger partial charge on any atom is 0.326 e. The van der Waals surface area contributed by atoms with Gasteiger partial charge in [0.15, 0.2) is 5.96 Å². The van der Waals surface area contributed by atoms with Crippen molar-refractivity contribution in [2.75, 3.05) is 6.54 Å². The first kappa shape index (κ1) is 29.4. The molecule has 3 amide bonds. The van der Waals surface area contributed by atoms with Gasteiger partial charge in [-0.25, -0.2) is 4.79 Å². The van der Waals surface area contributed by atoms with Crippen molar-refractivity contribution in [1.82, 2.24) is 16.0 Å². The zero-order valence-electron chi connectivity index (χ0n) is 20.4. The minimum absolute atomic E-state index is 0.0941. The van der Waals surface area contributed by atoms with Crippen LogP contribution >= 0.6 is 0 Å². The van der Waals surface area contributed by atoms with Crippen LogP contribution in [0.4, 0.5) is 0 Å². The van der Waals surface area contributed by atoms with Crippen LogP contribution in [0.5, 0.6) is 0 Å². The fourth-order valence-electron chi connectivity index (χ4n) is 3.18. The maximum atomic E-state index is 12.9. The molecule has 0 saturated carbocycles. The van der Waals surface area contributed by atoms with Crippen LogP contribution in [0.3, 0.4) is 0 Å². The van der Waals surface area contributed by atoms with E-state index >= 15 is 0 Å². The van der Waals surface area contributed by atoms with E-state index in [9.17, 15) is 24.3 Å². The Labute approximate surface area is 205 Å². The second kappa shape index (κ2) is 14.6. The molecule has 0 aliphatic rings. The van der Waals surface area contributed by atoms with Crippen molar-refractivity contribution in [3.63, 3.8) is 0 Å². The van der Waals surface area contributed by atoms with E-state index in [0.717, 1.165) is 5.56 Å². The molecular formula is C23H37N7O5. The van der Waals surface area contributed by atoms with Crippen LogP contribution in [-0.4, -0.2) is 65.5 Å². The SMILES string of the molecule is CC(NC(=O)C(CCCN=C(N)N)NC(=O)C(N)Cc1ccccc1)C(=O)NC(C(=O)O)C(C)C. The van der Waals surface area contributed by atoms with Crippen LogP contribution in [-0.2, 0) is 25.6 Å². The number of carboxylic acids is 1. The number of nitrogens with two attached hydrogens (primary N) is 3. The number of hydrogen-bond donors (Lipinski definition) is 7. The number of carbonyl (C=O) groups is 4. The van der Waals surface area contributed by atoms with Crippen LogP contribution in [0.15, 0.2) is 35.3 Å². The van der Waals surface area contributed by atoms with Crippen molar-refractivity contribution in [1.29, 1.82) is 0 Å². The topological polar surface area (TPSA) is 215 Å². The van der Waals surface area contributed by atoms with E-state index in [0.29, 0.717) is 6.42 Å². The van der Waals surface area contributed by atoms with Crippen LogP contribution in [0.25, 0.3) is 0 Å².